The van der Waals surface area contributed by atoms with Crippen molar-refractivity contribution in [1.29, 1.82) is 0 Å². The number of hydrogen-bond acceptors (Lipinski definition) is 2. The van der Waals surface area contributed by atoms with Crippen LogP contribution in [0.5, 0.6) is 0 Å². The van der Waals surface area contributed by atoms with Crippen LogP contribution in [-0.2, 0) is 9.31 Å². The van der Waals surface area contributed by atoms with Gasteiger partial charge in [-0.15, -0.1) is 0 Å². The minimum absolute atomic E-state index is 0.204. The van der Waals surface area contributed by atoms with Crippen LogP contribution in [0.25, 0.3) is 0 Å². The number of hydrogen-bond donors (Lipinski definition) is 0. The standard InChI is InChI=1S/C20H19BO2Si/c1-4-10-18(11-5-1)24(21-22-16-17-23-21,19-12-6-2-7-13-19)20-14-8-3-9-15-20/h1-15H,16-17H2. The zero-order chi connectivity index (χ0) is 16.2. The summed E-state index contributed by atoms with van der Waals surface area (Å²) >= 11 is 0. The summed E-state index contributed by atoms with van der Waals surface area (Å²) in [6, 6.07) is 32.2. The smallest absolute Gasteiger partial charge is 0.411 e. The van der Waals surface area contributed by atoms with Crippen LogP contribution in [0.4, 0.5) is 0 Å². The summed E-state index contributed by atoms with van der Waals surface area (Å²) in [5.74, 6) is 0. The van der Waals surface area contributed by atoms with Crippen LogP contribution in [0.1, 0.15) is 0 Å². The fraction of sp³-hybridized carbons (Fsp3) is 0.100. The molecule has 3 aromatic carbocycles. The van der Waals surface area contributed by atoms with Crippen molar-refractivity contribution in [2.24, 2.45) is 0 Å². The Morgan fingerprint density at radius 2 is 0.875 bits per heavy atom. The van der Waals surface area contributed by atoms with Gasteiger partial charge in [0.15, 0.2) is 7.94 Å². The zero-order valence-electron chi connectivity index (χ0n) is 13.5. The number of benzene rings is 3. The molecule has 0 N–H and O–H groups in total. The lowest BCUT2D eigenvalue weighted by Crippen LogP contribution is -2.77. The summed E-state index contributed by atoms with van der Waals surface area (Å²) in [5.41, 5.74) is 0. The monoisotopic (exact) mass is 330 g/mol. The van der Waals surface area contributed by atoms with E-state index in [0.717, 1.165) is 0 Å². The lowest BCUT2D eigenvalue weighted by molar-refractivity contribution is 0.365. The quantitative estimate of drug-likeness (QED) is 0.536. The van der Waals surface area contributed by atoms with Crippen molar-refractivity contribution in [3.05, 3.63) is 91.0 Å². The second kappa shape index (κ2) is 6.77. The molecule has 1 fully saturated rings. The van der Waals surface area contributed by atoms with Gasteiger partial charge < -0.3 is 9.31 Å². The minimum Gasteiger partial charge on any atom is -0.411 e. The van der Waals surface area contributed by atoms with E-state index in [9.17, 15) is 0 Å². The molecule has 0 spiro atoms. The molecule has 0 aliphatic carbocycles. The Labute approximate surface area is 144 Å². The van der Waals surface area contributed by atoms with E-state index in [1.54, 1.807) is 0 Å². The Balaban J connectivity index is 2.03. The van der Waals surface area contributed by atoms with E-state index in [-0.39, 0.29) is 6.71 Å². The van der Waals surface area contributed by atoms with Gasteiger partial charge in [0.1, 0.15) is 0 Å². The summed E-state index contributed by atoms with van der Waals surface area (Å²) in [6.45, 7) is 1.11. The Hall–Kier alpha value is -2.14. The van der Waals surface area contributed by atoms with E-state index < -0.39 is 7.94 Å². The first kappa shape index (κ1) is 15.4. The van der Waals surface area contributed by atoms with Gasteiger partial charge >= 0.3 is 6.71 Å². The SMILES string of the molecule is c1ccc([Si](B2OCCO2)(c2ccccc2)c2ccccc2)cc1. The Kier molecular flexibility index (Phi) is 4.34. The first-order valence-electron chi connectivity index (χ1n) is 8.32. The Morgan fingerprint density at radius 3 is 1.21 bits per heavy atom. The van der Waals surface area contributed by atoms with Crippen molar-refractivity contribution in [1.82, 2.24) is 0 Å². The average molecular weight is 330 g/mol. The van der Waals surface area contributed by atoms with Crippen molar-refractivity contribution in [3.63, 3.8) is 0 Å². The molecule has 3 aromatic rings. The van der Waals surface area contributed by atoms with Crippen LogP contribution < -0.4 is 15.6 Å². The minimum atomic E-state index is -2.44. The summed E-state index contributed by atoms with van der Waals surface area (Å²) in [4.78, 5) is 0. The molecule has 0 aromatic heterocycles. The maximum Gasteiger partial charge on any atom is 0.449 e. The van der Waals surface area contributed by atoms with Gasteiger partial charge in [-0.25, -0.2) is 0 Å². The van der Waals surface area contributed by atoms with Gasteiger partial charge in [-0.3, -0.25) is 0 Å². The molecule has 0 bridgehead atoms. The molecule has 1 saturated heterocycles. The maximum absolute atomic E-state index is 6.12. The van der Waals surface area contributed by atoms with E-state index >= 15 is 0 Å². The molecule has 0 saturated carbocycles. The molecular formula is C20H19BO2Si. The highest BCUT2D eigenvalue weighted by Crippen LogP contribution is 2.16. The molecule has 0 atom stereocenters. The highest BCUT2D eigenvalue weighted by Gasteiger charge is 2.54. The first-order chi connectivity index (χ1) is 11.9. The fourth-order valence-electron chi connectivity index (χ4n) is 3.62. The molecule has 1 aliphatic rings. The van der Waals surface area contributed by atoms with Crippen molar-refractivity contribution in [3.8, 4) is 0 Å². The molecule has 1 aliphatic heterocycles. The second-order valence-corrected chi connectivity index (χ2v) is 9.80. The lowest BCUT2D eigenvalue weighted by atomic mass is 10.3. The van der Waals surface area contributed by atoms with Gasteiger partial charge in [0.05, 0.1) is 13.2 Å². The van der Waals surface area contributed by atoms with Crippen LogP contribution in [0.3, 0.4) is 0 Å². The van der Waals surface area contributed by atoms with Crippen LogP contribution in [0.2, 0.25) is 0 Å². The lowest BCUT2D eigenvalue weighted by Gasteiger charge is -2.34. The third-order valence-electron chi connectivity index (χ3n) is 4.66. The van der Waals surface area contributed by atoms with Crippen LogP contribution >= 0.6 is 0 Å². The zero-order valence-corrected chi connectivity index (χ0v) is 14.5. The largest absolute Gasteiger partial charge is 0.449 e. The maximum atomic E-state index is 6.12. The molecule has 4 rings (SSSR count). The predicted octanol–water partition coefficient (Wildman–Crippen LogP) is 1.77. The summed E-state index contributed by atoms with van der Waals surface area (Å²) < 4.78 is 12.2. The molecule has 4 heteroatoms. The average Bonchev–Trinajstić information content (AvgIpc) is 3.20. The topological polar surface area (TPSA) is 18.5 Å². The van der Waals surface area contributed by atoms with Crippen molar-refractivity contribution in [2.45, 2.75) is 0 Å². The summed E-state index contributed by atoms with van der Waals surface area (Å²) in [7, 11) is -2.44. The third kappa shape index (κ3) is 2.53. The molecule has 0 radical (unpaired) electrons. The molecule has 0 amide bonds. The van der Waals surface area contributed by atoms with Gasteiger partial charge in [-0.2, -0.15) is 0 Å². The van der Waals surface area contributed by atoms with Crippen LogP contribution in [-0.4, -0.2) is 27.9 Å². The van der Waals surface area contributed by atoms with E-state index in [4.69, 9.17) is 9.31 Å². The predicted molar refractivity (Wildman–Crippen MR) is 102 cm³/mol. The van der Waals surface area contributed by atoms with Gasteiger partial charge in [0.25, 0.3) is 0 Å². The van der Waals surface area contributed by atoms with Crippen molar-refractivity contribution in [2.75, 3.05) is 13.2 Å². The van der Waals surface area contributed by atoms with Crippen molar-refractivity contribution < 1.29 is 9.31 Å². The molecule has 1 heterocycles. The summed E-state index contributed by atoms with van der Waals surface area (Å²) in [5, 5.41) is 3.94. The molecule has 118 valence electrons. The number of rotatable bonds is 4. The highest BCUT2D eigenvalue weighted by molar-refractivity contribution is 7.46. The molecule has 2 nitrogen and oxygen atoms in total. The van der Waals surface area contributed by atoms with Crippen molar-refractivity contribution >= 4 is 30.2 Å². The van der Waals surface area contributed by atoms with E-state index in [1.165, 1.54) is 15.6 Å². The molecule has 24 heavy (non-hydrogen) atoms. The second-order valence-electron chi connectivity index (χ2n) is 5.98. The summed E-state index contributed by atoms with van der Waals surface area (Å²) in [6.07, 6.45) is 0. The van der Waals surface area contributed by atoms with Gasteiger partial charge in [0, 0.05) is 0 Å². The Bertz CT molecular complexity index is 678. The highest BCUT2D eigenvalue weighted by atomic mass is 28.3. The van der Waals surface area contributed by atoms with Gasteiger partial charge in [-0.05, 0) is 0 Å². The fourth-order valence-corrected chi connectivity index (χ4v) is 8.33. The Morgan fingerprint density at radius 1 is 0.542 bits per heavy atom. The third-order valence-corrected chi connectivity index (χ3v) is 9.44. The van der Waals surface area contributed by atoms with Gasteiger partial charge in [-0.1, -0.05) is 107 Å². The van der Waals surface area contributed by atoms with E-state index in [1.807, 2.05) is 0 Å². The van der Waals surface area contributed by atoms with Gasteiger partial charge in [0.2, 0.25) is 0 Å². The molecular weight excluding hydrogens is 311 g/mol. The normalized spacial score (nSPS) is 14.8. The van der Waals surface area contributed by atoms with E-state index in [0.29, 0.717) is 13.2 Å². The van der Waals surface area contributed by atoms with Crippen LogP contribution in [0, 0.1) is 0 Å². The van der Waals surface area contributed by atoms with E-state index in [2.05, 4.69) is 91.0 Å². The van der Waals surface area contributed by atoms with Crippen LogP contribution in [0.15, 0.2) is 91.0 Å². The first-order valence-corrected chi connectivity index (χ1v) is 10.4. The molecule has 0 unspecified atom stereocenters.